The maximum Gasteiger partial charge on any atom is 0.264 e. The summed E-state index contributed by atoms with van der Waals surface area (Å²) in [4.78, 5) is 29.8. The molecule has 0 heterocycles. The Labute approximate surface area is 275 Å². The third-order valence-corrected chi connectivity index (χ3v) is 9.59. The molecule has 0 unspecified atom stereocenters. The smallest absolute Gasteiger partial charge is 0.264 e. The Balaban J connectivity index is 1.81. The van der Waals surface area contributed by atoms with Crippen LogP contribution in [0.25, 0.3) is 0 Å². The first-order valence-electron chi connectivity index (χ1n) is 14.6. The van der Waals surface area contributed by atoms with E-state index in [1.807, 2.05) is 57.2 Å². The van der Waals surface area contributed by atoms with Crippen LogP contribution in [0.15, 0.2) is 108 Å². The van der Waals surface area contributed by atoms with Crippen LogP contribution in [0, 0.1) is 12.8 Å². The number of hydrogen-bond acceptors (Lipinski definition) is 4. The second-order valence-electron chi connectivity index (χ2n) is 11.3. The highest BCUT2D eigenvalue weighted by atomic mass is 35.5. The molecule has 4 rings (SSSR count). The van der Waals surface area contributed by atoms with Crippen LogP contribution < -0.4 is 9.62 Å². The number of benzene rings is 4. The zero-order valence-corrected chi connectivity index (χ0v) is 27.8. The Kier molecular flexibility index (Phi) is 11.7. The van der Waals surface area contributed by atoms with Crippen molar-refractivity contribution in [2.24, 2.45) is 5.92 Å². The summed E-state index contributed by atoms with van der Waals surface area (Å²) < 4.78 is 29.2. The maximum absolute atomic E-state index is 14.5. The van der Waals surface area contributed by atoms with E-state index in [-0.39, 0.29) is 29.7 Å². The molecule has 1 atom stereocenters. The van der Waals surface area contributed by atoms with Crippen molar-refractivity contribution >= 4 is 50.7 Å². The number of hydrogen-bond donors (Lipinski definition) is 1. The zero-order chi connectivity index (χ0) is 32.6. The lowest BCUT2D eigenvalue weighted by atomic mass is 10.0. The van der Waals surface area contributed by atoms with Gasteiger partial charge in [0.1, 0.15) is 12.6 Å². The van der Waals surface area contributed by atoms with Crippen molar-refractivity contribution in [2.45, 2.75) is 44.7 Å². The Morgan fingerprint density at radius 3 is 2.13 bits per heavy atom. The van der Waals surface area contributed by atoms with E-state index in [1.54, 1.807) is 54.6 Å². The summed E-state index contributed by atoms with van der Waals surface area (Å²) in [5.41, 5.74) is 2.57. The number of halogens is 2. The van der Waals surface area contributed by atoms with E-state index in [0.29, 0.717) is 27.8 Å². The molecule has 0 aliphatic carbocycles. The molecular weight excluding hydrogens is 629 g/mol. The monoisotopic (exact) mass is 665 g/mol. The molecule has 45 heavy (non-hydrogen) atoms. The number of carbonyl (C=O) groups is 2. The first-order chi connectivity index (χ1) is 21.5. The number of amides is 2. The summed E-state index contributed by atoms with van der Waals surface area (Å²) in [5, 5.41) is 3.73. The van der Waals surface area contributed by atoms with Gasteiger partial charge in [0, 0.05) is 29.6 Å². The molecule has 0 spiro atoms. The van der Waals surface area contributed by atoms with Crippen LogP contribution >= 0.6 is 23.2 Å². The first-order valence-corrected chi connectivity index (χ1v) is 16.8. The van der Waals surface area contributed by atoms with Crippen molar-refractivity contribution in [3.05, 3.63) is 130 Å². The SMILES string of the molecule is Cc1cccc(N(CC(=O)N(Cc2ccc(Cl)cc2Cl)[C@@H](Cc2ccccc2)C(=O)NCC(C)C)S(=O)(=O)c2ccccc2)c1. The molecule has 4 aromatic rings. The number of nitrogens with zero attached hydrogens (tertiary/aromatic N) is 2. The average Bonchev–Trinajstić information content (AvgIpc) is 3.02. The van der Waals surface area contributed by atoms with Gasteiger partial charge in [0.05, 0.1) is 10.6 Å². The molecule has 2 amide bonds. The predicted molar refractivity (Wildman–Crippen MR) is 181 cm³/mol. The third kappa shape index (κ3) is 9.10. The van der Waals surface area contributed by atoms with E-state index < -0.39 is 28.5 Å². The van der Waals surface area contributed by atoms with Gasteiger partial charge in [-0.1, -0.05) is 104 Å². The summed E-state index contributed by atoms with van der Waals surface area (Å²) in [6.45, 7) is 5.63. The van der Waals surface area contributed by atoms with Crippen molar-refractivity contribution in [2.75, 3.05) is 17.4 Å². The van der Waals surface area contributed by atoms with Crippen molar-refractivity contribution in [3.8, 4) is 0 Å². The molecule has 1 N–H and O–H groups in total. The largest absolute Gasteiger partial charge is 0.354 e. The van der Waals surface area contributed by atoms with Gasteiger partial charge in [-0.25, -0.2) is 8.42 Å². The van der Waals surface area contributed by atoms with E-state index >= 15 is 0 Å². The maximum atomic E-state index is 14.5. The Bertz CT molecular complexity index is 1720. The van der Waals surface area contributed by atoms with E-state index in [1.165, 1.54) is 17.0 Å². The fourth-order valence-electron chi connectivity index (χ4n) is 4.84. The molecule has 0 aliphatic rings. The van der Waals surface area contributed by atoms with Crippen molar-refractivity contribution in [1.82, 2.24) is 10.2 Å². The van der Waals surface area contributed by atoms with Gasteiger partial charge in [0.25, 0.3) is 10.0 Å². The molecule has 10 heteroatoms. The minimum absolute atomic E-state index is 0.0436. The highest BCUT2D eigenvalue weighted by Gasteiger charge is 2.35. The first kappa shape index (κ1) is 34.0. The predicted octanol–water partition coefficient (Wildman–Crippen LogP) is 6.91. The Morgan fingerprint density at radius 2 is 1.51 bits per heavy atom. The standard InChI is InChI=1S/C35H37Cl2N3O4S/c1-25(2)22-38-35(42)33(20-27-12-6-4-7-13-27)39(23-28-17-18-29(36)21-32(28)37)34(41)24-40(30-14-10-11-26(3)19-30)45(43,44)31-15-8-5-9-16-31/h4-19,21,25,33H,20,22-24H2,1-3H3,(H,38,42)/t33-/m0/s1. The van der Waals surface area contributed by atoms with Crippen LogP contribution in [0.2, 0.25) is 10.0 Å². The zero-order valence-electron chi connectivity index (χ0n) is 25.5. The molecule has 4 aromatic carbocycles. The number of aryl methyl sites for hydroxylation is 1. The molecule has 0 saturated heterocycles. The topological polar surface area (TPSA) is 86.8 Å². The lowest BCUT2D eigenvalue weighted by Crippen LogP contribution is -2.53. The van der Waals surface area contributed by atoms with Gasteiger partial charge in [-0.05, 0) is 65.9 Å². The van der Waals surface area contributed by atoms with Crippen molar-refractivity contribution in [3.63, 3.8) is 0 Å². The number of rotatable bonds is 13. The molecule has 0 radical (unpaired) electrons. The molecule has 0 bridgehead atoms. The Hall–Kier alpha value is -3.85. The van der Waals surface area contributed by atoms with Gasteiger partial charge < -0.3 is 10.2 Å². The van der Waals surface area contributed by atoms with Crippen LogP contribution in [0.4, 0.5) is 5.69 Å². The second-order valence-corrected chi connectivity index (χ2v) is 14.0. The summed E-state index contributed by atoms with van der Waals surface area (Å²) in [6.07, 6.45) is 0.206. The number of sulfonamides is 1. The number of anilines is 1. The summed E-state index contributed by atoms with van der Waals surface area (Å²) in [7, 11) is -4.17. The second kappa shape index (κ2) is 15.4. The summed E-state index contributed by atoms with van der Waals surface area (Å²) in [6, 6.07) is 28.3. The lowest BCUT2D eigenvalue weighted by Gasteiger charge is -2.34. The van der Waals surface area contributed by atoms with E-state index in [0.717, 1.165) is 15.4 Å². The van der Waals surface area contributed by atoms with Crippen LogP contribution in [0.3, 0.4) is 0 Å². The molecular formula is C35H37Cl2N3O4S. The molecule has 236 valence electrons. The van der Waals surface area contributed by atoms with Crippen LogP contribution in [-0.4, -0.2) is 44.3 Å². The van der Waals surface area contributed by atoms with Crippen LogP contribution in [-0.2, 0) is 32.6 Å². The van der Waals surface area contributed by atoms with Gasteiger partial charge in [-0.3, -0.25) is 13.9 Å². The molecule has 0 aliphatic heterocycles. The van der Waals surface area contributed by atoms with Gasteiger partial charge >= 0.3 is 0 Å². The quantitative estimate of drug-likeness (QED) is 0.168. The van der Waals surface area contributed by atoms with E-state index in [4.69, 9.17) is 23.2 Å². The van der Waals surface area contributed by atoms with Crippen LogP contribution in [0.1, 0.15) is 30.5 Å². The van der Waals surface area contributed by atoms with Gasteiger partial charge in [0.15, 0.2) is 0 Å². The summed E-state index contributed by atoms with van der Waals surface area (Å²) in [5.74, 6) is -0.740. The highest BCUT2D eigenvalue weighted by Crippen LogP contribution is 2.27. The lowest BCUT2D eigenvalue weighted by molar-refractivity contribution is -0.140. The molecule has 7 nitrogen and oxygen atoms in total. The van der Waals surface area contributed by atoms with E-state index in [9.17, 15) is 18.0 Å². The number of carbonyl (C=O) groups excluding carboxylic acids is 2. The average molecular weight is 667 g/mol. The summed E-state index contributed by atoms with van der Waals surface area (Å²) >= 11 is 12.7. The fraction of sp³-hybridized carbons (Fsp3) is 0.257. The Morgan fingerprint density at radius 1 is 0.844 bits per heavy atom. The van der Waals surface area contributed by atoms with Gasteiger partial charge in [0.2, 0.25) is 11.8 Å². The normalized spacial score (nSPS) is 12.0. The molecule has 0 fully saturated rings. The van der Waals surface area contributed by atoms with Gasteiger partial charge in [-0.15, -0.1) is 0 Å². The molecule has 0 aromatic heterocycles. The van der Waals surface area contributed by atoms with Crippen LogP contribution in [0.5, 0.6) is 0 Å². The minimum Gasteiger partial charge on any atom is -0.354 e. The third-order valence-electron chi connectivity index (χ3n) is 7.21. The fourth-order valence-corrected chi connectivity index (χ4v) is 6.74. The van der Waals surface area contributed by atoms with Crippen molar-refractivity contribution < 1.29 is 18.0 Å². The van der Waals surface area contributed by atoms with Gasteiger partial charge in [-0.2, -0.15) is 0 Å². The highest BCUT2D eigenvalue weighted by molar-refractivity contribution is 7.92. The number of nitrogens with one attached hydrogen (secondary N) is 1. The molecule has 0 saturated carbocycles. The van der Waals surface area contributed by atoms with Crippen molar-refractivity contribution in [1.29, 1.82) is 0 Å². The van der Waals surface area contributed by atoms with E-state index in [2.05, 4.69) is 5.32 Å². The minimum atomic E-state index is -4.17.